The van der Waals surface area contributed by atoms with Gasteiger partial charge in [0.15, 0.2) is 0 Å². The molecular weight excluding hydrogens is 258 g/mol. The van der Waals surface area contributed by atoms with Crippen molar-refractivity contribution in [1.82, 2.24) is 25.2 Å². The summed E-state index contributed by atoms with van der Waals surface area (Å²) in [6.45, 7) is 6.52. The summed E-state index contributed by atoms with van der Waals surface area (Å²) in [5, 5.41) is 6.60. The topological polar surface area (TPSA) is 53.9 Å². The van der Waals surface area contributed by atoms with Crippen LogP contribution in [0.2, 0.25) is 0 Å². The molecule has 0 radical (unpaired) electrons. The van der Waals surface area contributed by atoms with E-state index in [9.17, 15) is 0 Å². The summed E-state index contributed by atoms with van der Waals surface area (Å²) < 4.78 is 0. The Bertz CT molecular complexity index is 521. The normalized spacial score (nSPS) is 18.4. The maximum atomic E-state index is 4.71. The maximum absolute atomic E-state index is 4.71. The van der Waals surface area contributed by atoms with Crippen molar-refractivity contribution >= 4 is 11.3 Å². The predicted molar refractivity (Wildman–Crippen MR) is 76.0 cm³/mol. The van der Waals surface area contributed by atoms with Crippen LogP contribution >= 0.6 is 11.3 Å². The minimum absolute atomic E-state index is 0.373. The summed E-state index contributed by atoms with van der Waals surface area (Å²) in [6.07, 6.45) is 5.14. The van der Waals surface area contributed by atoms with E-state index >= 15 is 0 Å². The number of rotatable bonds is 3. The highest BCUT2D eigenvalue weighted by Crippen LogP contribution is 2.27. The zero-order valence-corrected chi connectivity index (χ0v) is 11.7. The predicted octanol–water partition coefficient (Wildman–Crippen LogP) is 1.57. The lowest BCUT2D eigenvalue weighted by Crippen LogP contribution is -2.44. The Morgan fingerprint density at radius 3 is 2.84 bits per heavy atom. The fourth-order valence-electron chi connectivity index (χ4n) is 2.25. The molecule has 1 fully saturated rings. The molecule has 3 heterocycles. The standard InChI is InChI=1S/C13H17N5S/c1-10(18-6-4-14-5-7-18)13-17-12(9-19-13)11-8-15-2-3-16-11/h2-3,8-10,14H,4-7H2,1H3. The van der Waals surface area contributed by atoms with Gasteiger partial charge < -0.3 is 5.32 Å². The van der Waals surface area contributed by atoms with Crippen molar-refractivity contribution in [2.45, 2.75) is 13.0 Å². The zero-order valence-electron chi connectivity index (χ0n) is 10.9. The average Bonchev–Trinajstić information content (AvgIpc) is 2.98. The van der Waals surface area contributed by atoms with Gasteiger partial charge in [-0.25, -0.2) is 4.98 Å². The molecule has 0 saturated carbocycles. The van der Waals surface area contributed by atoms with Gasteiger partial charge in [-0.3, -0.25) is 14.9 Å². The fraction of sp³-hybridized carbons (Fsp3) is 0.462. The third kappa shape index (κ3) is 2.80. The Morgan fingerprint density at radius 2 is 2.11 bits per heavy atom. The van der Waals surface area contributed by atoms with Gasteiger partial charge in [0.25, 0.3) is 0 Å². The van der Waals surface area contributed by atoms with Gasteiger partial charge >= 0.3 is 0 Å². The van der Waals surface area contributed by atoms with Crippen LogP contribution in [0.15, 0.2) is 24.0 Å². The van der Waals surface area contributed by atoms with E-state index in [1.165, 1.54) is 0 Å². The minimum Gasteiger partial charge on any atom is -0.314 e. The molecule has 0 bridgehead atoms. The lowest BCUT2D eigenvalue weighted by atomic mass is 10.2. The lowest BCUT2D eigenvalue weighted by molar-refractivity contribution is 0.185. The summed E-state index contributed by atoms with van der Waals surface area (Å²) in [7, 11) is 0. The molecule has 3 rings (SSSR count). The minimum atomic E-state index is 0.373. The van der Waals surface area contributed by atoms with Crippen LogP contribution in [0.3, 0.4) is 0 Å². The first-order valence-electron chi connectivity index (χ1n) is 6.51. The molecular formula is C13H17N5S. The van der Waals surface area contributed by atoms with Crippen LogP contribution in [0.25, 0.3) is 11.4 Å². The Kier molecular flexibility index (Phi) is 3.82. The number of piperazine rings is 1. The van der Waals surface area contributed by atoms with E-state index in [2.05, 4.69) is 32.5 Å². The van der Waals surface area contributed by atoms with Gasteiger partial charge in [-0.15, -0.1) is 11.3 Å². The second kappa shape index (κ2) is 5.73. The van der Waals surface area contributed by atoms with E-state index in [1.54, 1.807) is 29.9 Å². The molecule has 2 aromatic rings. The van der Waals surface area contributed by atoms with Crippen molar-refractivity contribution in [1.29, 1.82) is 0 Å². The quantitative estimate of drug-likeness (QED) is 0.921. The first kappa shape index (κ1) is 12.7. The number of thiazole rings is 1. The number of hydrogen-bond acceptors (Lipinski definition) is 6. The third-order valence-corrected chi connectivity index (χ3v) is 4.42. The van der Waals surface area contributed by atoms with Crippen LogP contribution in [0.5, 0.6) is 0 Å². The molecule has 19 heavy (non-hydrogen) atoms. The van der Waals surface area contributed by atoms with Crippen LogP contribution in [0.4, 0.5) is 0 Å². The van der Waals surface area contributed by atoms with E-state index in [1.807, 2.05) is 0 Å². The molecule has 0 aromatic carbocycles. The first-order valence-corrected chi connectivity index (χ1v) is 7.39. The largest absolute Gasteiger partial charge is 0.314 e. The number of aromatic nitrogens is 3. The summed E-state index contributed by atoms with van der Waals surface area (Å²) in [6, 6.07) is 0.373. The monoisotopic (exact) mass is 275 g/mol. The van der Waals surface area contributed by atoms with E-state index < -0.39 is 0 Å². The molecule has 1 aliphatic heterocycles. The molecule has 5 nitrogen and oxygen atoms in total. The number of hydrogen-bond donors (Lipinski definition) is 1. The Balaban J connectivity index is 1.77. The van der Waals surface area contributed by atoms with Gasteiger partial charge in [0.1, 0.15) is 16.4 Å². The van der Waals surface area contributed by atoms with Crippen LogP contribution in [-0.2, 0) is 0 Å². The van der Waals surface area contributed by atoms with Gasteiger partial charge in [-0.1, -0.05) is 0 Å². The van der Waals surface area contributed by atoms with Crippen molar-refractivity contribution in [3.05, 3.63) is 29.0 Å². The first-order chi connectivity index (χ1) is 9.34. The summed E-state index contributed by atoms with van der Waals surface area (Å²) >= 11 is 1.71. The highest BCUT2D eigenvalue weighted by Gasteiger charge is 2.20. The van der Waals surface area contributed by atoms with E-state index in [0.29, 0.717) is 6.04 Å². The average molecular weight is 275 g/mol. The van der Waals surface area contributed by atoms with Crippen LogP contribution < -0.4 is 5.32 Å². The van der Waals surface area contributed by atoms with Gasteiger partial charge in [0.2, 0.25) is 0 Å². The van der Waals surface area contributed by atoms with Gasteiger partial charge in [-0.2, -0.15) is 0 Å². The molecule has 1 atom stereocenters. The van der Waals surface area contributed by atoms with Gasteiger partial charge in [-0.05, 0) is 6.92 Å². The van der Waals surface area contributed by atoms with Gasteiger partial charge in [0, 0.05) is 44.0 Å². The van der Waals surface area contributed by atoms with Crippen molar-refractivity contribution in [2.24, 2.45) is 0 Å². The Morgan fingerprint density at radius 1 is 1.26 bits per heavy atom. The van der Waals surface area contributed by atoms with E-state index in [4.69, 9.17) is 4.98 Å². The van der Waals surface area contributed by atoms with Crippen molar-refractivity contribution in [3.63, 3.8) is 0 Å². The molecule has 1 saturated heterocycles. The van der Waals surface area contributed by atoms with Crippen LogP contribution in [-0.4, -0.2) is 46.0 Å². The maximum Gasteiger partial charge on any atom is 0.110 e. The van der Waals surface area contributed by atoms with Crippen molar-refractivity contribution < 1.29 is 0 Å². The second-order valence-electron chi connectivity index (χ2n) is 4.62. The number of nitrogens with zero attached hydrogens (tertiary/aromatic N) is 4. The molecule has 6 heteroatoms. The molecule has 1 N–H and O–H groups in total. The summed E-state index contributed by atoms with van der Waals surface area (Å²) in [4.78, 5) is 15.6. The second-order valence-corrected chi connectivity index (χ2v) is 5.51. The Labute approximate surface area is 116 Å². The molecule has 2 aromatic heterocycles. The fourth-order valence-corrected chi connectivity index (χ4v) is 3.16. The van der Waals surface area contributed by atoms with Crippen molar-refractivity contribution in [3.8, 4) is 11.4 Å². The lowest BCUT2D eigenvalue weighted by Gasteiger charge is -2.31. The molecule has 100 valence electrons. The Hall–Kier alpha value is -1.37. The molecule has 0 aliphatic carbocycles. The summed E-state index contributed by atoms with van der Waals surface area (Å²) in [5.74, 6) is 0. The summed E-state index contributed by atoms with van der Waals surface area (Å²) in [5.41, 5.74) is 1.77. The van der Waals surface area contributed by atoms with E-state index in [-0.39, 0.29) is 0 Å². The van der Waals surface area contributed by atoms with E-state index in [0.717, 1.165) is 42.6 Å². The van der Waals surface area contributed by atoms with Gasteiger partial charge in [0.05, 0.1) is 12.2 Å². The van der Waals surface area contributed by atoms with Crippen LogP contribution in [0.1, 0.15) is 18.0 Å². The van der Waals surface area contributed by atoms with Crippen LogP contribution in [0, 0.1) is 0 Å². The zero-order chi connectivity index (χ0) is 13.1. The molecule has 0 spiro atoms. The smallest absolute Gasteiger partial charge is 0.110 e. The highest BCUT2D eigenvalue weighted by atomic mass is 32.1. The SMILES string of the molecule is CC(c1nc(-c2cnccn2)cs1)N1CCNCC1. The molecule has 1 unspecified atom stereocenters. The number of nitrogens with one attached hydrogen (secondary N) is 1. The van der Waals surface area contributed by atoms with Crippen molar-refractivity contribution in [2.75, 3.05) is 26.2 Å². The molecule has 1 aliphatic rings. The molecule has 0 amide bonds. The third-order valence-electron chi connectivity index (χ3n) is 3.40. The highest BCUT2D eigenvalue weighted by molar-refractivity contribution is 7.10.